The van der Waals surface area contributed by atoms with Crippen LogP contribution >= 0.6 is 11.3 Å². The summed E-state index contributed by atoms with van der Waals surface area (Å²) in [6.07, 6.45) is 0.736. The molecule has 0 fully saturated rings. The van der Waals surface area contributed by atoms with Gasteiger partial charge in [-0.1, -0.05) is 12.1 Å². The Kier molecular flexibility index (Phi) is 2.57. The quantitative estimate of drug-likeness (QED) is 0.857. The largest absolute Gasteiger partial charge is 0.399 e. The maximum atomic E-state index is 12.5. The maximum Gasteiger partial charge on any atom is 0.273 e. The van der Waals surface area contributed by atoms with Crippen LogP contribution in [0.25, 0.3) is 0 Å². The lowest BCUT2D eigenvalue weighted by Gasteiger charge is -2.18. The maximum absolute atomic E-state index is 12.5. The summed E-state index contributed by atoms with van der Waals surface area (Å²) in [7, 11) is -3.43. The predicted octanol–water partition coefficient (Wildman–Crippen LogP) is 2.08. The monoisotopic (exact) mass is 280 g/mol. The van der Waals surface area contributed by atoms with Crippen LogP contribution < -0.4 is 10.0 Å². The van der Waals surface area contributed by atoms with E-state index in [1.54, 1.807) is 29.6 Å². The number of rotatable bonds is 2. The van der Waals surface area contributed by atoms with Crippen LogP contribution in [-0.2, 0) is 16.4 Å². The molecule has 2 heterocycles. The Bertz CT molecular complexity index is 678. The number of sulfonamides is 1. The standard InChI is InChI=1S/C12H12N2O2S2/c13-10-4-3-9-5-6-14(11(9)8-10)18(15,16)12-2-1-7-17-12/h1-4,7-8H,5-6,13H2. The molecule has 0 spiro atoms. The van der Waals surface area contributed by atoms with Crippen LogP contribution in [0.4, 0.5) is 11.4 Å². The van der Waals surface area contributed by atoms with E-state index in [4.69, 9.17) is 5.73 Å². The summed E-state index contributed by atoms with van der Waals surface area (Å²) in [6.45, 7) is 0.485. The van der Waals surface area contributed by atoms with Crippen molar-refractivity contribution in [1.82, 2.24) is 0 Å². The Hall–Kier alpha value is -1.53. The number of anilines is 2. The topological polar surface area (TPSA) is 63.4 Å². The van der Waals surface area contributed by atoms with E-state index in [2.05, 4.69) is 0 Å². The molecule has 0 bridgehead atoms. The Balaban J connectivity index is 2.10. The number of benzene rings is 1. The molecular weight excluding hydrogens is 268 g/mol. The lowest BCUT2D eigenvalue weighted by atomic mass is 10.1. The van der Waals surface area contributed by atoms with Crippen molar-refractivity contribution in [3.63, 3.8) is 0 Å². The molecule has 2 N–H and O–H groups in total. The first-order valence-corrected chi connectivity index (χ1v) is 7.86. The van der Waals surface area contributed by atoms with Crippen LogP contribution in [0.2, 0.25) is 0 Å². The van der Waals surface area contributed by atoms with Crippen LogP contribution in [0.5, 0.6) is 0 Å². The molecule has 0 saturated heterocycles. The van der Waals surface area contributed by atoms with Gasteiger partial charge in [-0.05, 0) is 35.6 Å². The molecule has 0 aliphatic carbocycles. The van der Waals surface area contributed by atoms with Gasteiger partial charge in [0.1, 0.15) is 4.21 Å². The second-order valence-electron chi connectivity index (χ2n) is 4.15. The fourth-order valence-corrected chi connectivity index (χ4v) is 4.74. The molecule has 1 aromatic carbocycles. The van der Waals surface area contributed by atoms with Gasteiger partial charge in [-0.15, -0.1) is 11.3 Å². The highest BCUT2D eigenvalue weighted by Crippen LogP contribution is 2.35. The van der Waals surface area contributed by atoms with E-state index in [1.165, 1.54) is 15.6 Å². The van der Waals surface area contributed by atoms with Crippen LogP contribution in [0.1, 0.15) is 5.56 Å². The average Bonchev–Trinajstić information content (AvgIpc) is 2.97. The van der Waals surface area contributed by atoms with E-state index in [0.717, 1.165) is 12.0 Å². The number of hydrogen-bond acceptors (Lipinski definition) is 4. The molecule has 4 nitrogen and oxygen atoms in total. The molecule has 2 aromatic rings. The SMILES string of the molecule is Nc1ccc2c(c1)N(S(=O)(=O)c1cccs1)CC2. The molecule has 1 aliphatic heterocycles. The van der Waals surface area contributed by atoms with Crippen molar-refractivity contribution in [2.24, 2.45) is 0 Å². The summed E-state index contributed by atoms with van der Waals surface area (Å²) < 4.78 is 26.8. The van der Waals surface area contributed by atoms with Gasteiger partial charge in [0, 0.05) is 12.2 Å². The molecule has 3 rings (SSSR count). The highest BCUT2D eigenvalue weighted by atomic mass is 32.2. The summed E-state index contributed by atoms with van der Waals surface area (Å²) in [5, 5.41) is 1.77. The Morgan fingerprint density at radius 1 is 1.28 bits per heavy atom. The van der Waals surface area contributed by atoms with Gasteiger partial charge >= 0.3 is 0 Å². The van der Waals surface area contributed by atoms with E-state index in [-0.39, 0.29) is 0 Å². The minimum atomic E-state index is -3.43. The summed E-state index contributed by atoms with van der Waals surface area (Å²) in [5.41, 5.74) is 8.06. The van der Waals surface area contributed by atoms with Gasteiger partial charge in [0.05, 0.1) is 5.69 Å². The van der Waals surface area contributed by atoms with Crippen LogP contribution in [0.15, 0.2) is 39.9 Å². The molecule has 0 atom stereocenters. The fourth-order valence-electron chi connectivity index (χ4n) is 2.14. The molecule has 0 amide bonds. The van der Waals surface area contributed by atoms with Crippen molar-refractivity contribution < 1.29 is 8.42 Å². The van der Waals surface area contributed by atoms with Crippen LogP contribution in [0, 0.1) is 0 Å². The zero-order chi connectivity index (χ0) is 12.8. The molecule has 1 aliphatic rings. The van der Waals surface area contributed by atoms with Crippen molar-refractivity contribution >= 4 is 32.7 Å². The number of thiophene rings is 1. The number of fused-ring (bicyclic) bond motifs is 1. The zero-order valence-electron chi connectivity index (χ0n) is 9.54. The summed E-state index contributed by atoms with van der Waals surface area (Å²) in [5.74, 6) is 0. The van der Waals surface area contributed by atoms with Gasteiger partial charge in [-0.3, -0.25) is 4.31 Å². The van der Waals surface area contributed by atoms with Gasteiger partial charge < -0.3 is 5.73 Å². The molecule has 94 valence electrons. The Morgan fingerprint density at radius 2 is 2.11 bits per heavy atom. The smallest absolute Gasteiger partial charge is 0.273 e. The number of nitrogens with two attached hydrogens (primary N) is 1. The van der Waals surface area contributed by atoms with E-state index >= 15 is 0 Å². The first-order chi connectivity index (χ1) is 8.59. The van der Waals surface area contributed by atoms with Crippen molar-refractivity contribution in [1.29, 1.82) is 0 Å². The van der Waals surface area contributed by atoms with E-state index in [9.17, 15) is 8.42 Å². The second kappa shape index (κ2) is 4.00. The van der Waals surface area contributed by atoms with E-state index in [0.29, 0.717) is 22.1 Å². The third-order valence-electron chi connectivity index (χ3n) is 3.00. The summed E-state index contributed by atoms with van der Waals surface area (Å²) >= 11 is 1.23. The molecule has 1 aromatic heterocycles. The van der Waals surface area contributed by atoms with E-state index < -0.39 is 10.0 Å². The molecule has 6 heteroatoms. The third-order valence-corrected chi connectivity index (χ3v) is 6.19. The van der Waals surface area contributed by atoms with Gasteiger partial charge in [0.25, 0.3) is 10.0 Å². The van der Waals surface area contributed by atoms with Crippen LogP contribution in [0.3, 0.4) is 0 Å². The molecule has 0 radical (unpaired) electrons. The highest BCUT2D eigenvalue weighted by molar-refractivity contribution is 7.94. The van der Waals surface area contributed by atoms with Gasteiger partial charge in [-0.25, -0.2) is 8.42 Å². The Morgan fingerprint density at radius 3 is 2.83 bits per heavy atom. The minimum absolute atomic E-state index is 0.373. The van der Waals surface area contributed by atoms with Crippen molar-refractivity contribution in [2.75, 3.05) is 16.6 Å². The van der Waals surface area contributed by atoms with Crippen molar-refractivity contribution in [3.05, 3.63) is 41.3 Å². The van der Waals surface area contributed by atoms with Gasteiger partial charge in [0.15, 0.2) is 0 Å². The molecule has 0 saturated carbocycles. The van der Waals surface area contributed by atoms with Gasteiger partial charge in [-0.2, -0.15) is 0 Å². The highest BCUT2D eigenvalue weighted by Gasteiger charge is 2.31. The molecule has 0 unspecified atom stereocenters. The summed E-state index contributed by atoms with van der Waals surface area (Å²) in [6, 6.07) is 8.81. The number of nitrogen functional groups attached to an aromatic ring is 1. The number of nitrogens with zero attached hydrogens (tertiary/aromatic N) is 1. The van der Waals surface area contributed by atoms with E-state index in [1.807, 2.05) is 6.07 Å². The van der Waals surface area contributed by atoms with Gasteiger partial charge in [0.2, 0.25) is 0 Å². The normalized spacial score (nSPS) is 14.8. The Labute approximate surface area is 110 Å². The average molecular weight is 280 g/mol. The second-order valence-corrected chi connectivity index (χ2v) is 7.18. The van der Waals surface area contributed by atoms with Crippen molar-refractivity contribution in [3.8, 4) is 0 Å². The third kappa shape index (κ3) is 1.69. The first kappa shape index (κ1) is 11.6. The lowest BCUT2D eigenvalue weighted by molar-refractivity contribution is 0.594. The zero-order valence-corrected chi connectivity index (χ0v) is 11.2. The lowest BCUT2D eigenvalue weighted by Crippen LogP contribution is -2.28. The molecule has 18 heavy (non-hydrogen) atoms. The fraction of sp³-hybridized carbons (Fsp3) is 0.167. The predicted molar refractivity (Wildman–Crippen MR) is 73.4 cm³/mol. The number of hydrogen-bond donors (Lipinski definition) is 1. The van der Waals surface area contributed by atoms with Crippen molar-refractivity contribution in [2.45, 2.75) is 10.6 Å². The van der Waals surface area contributed by atoms with Crippen LogP contribution in [-0.4, -0.2) is 15.0 Å². The summed E-state index contributed by atoms with van der Waals surface area (Å²) in [4.78, 5) is 0. The molecular formula is C12H12N2O2S2. The minimum Gasteiger partial charge on any atom is -0.399 e. The first-order valence-electron chi connectivity index (χ1n) is 5.54.